The molecule has 212 valence electrons. The van der Waals surface area contributed by atoms with E-state index in [4.69, 9.17) is 9.47 Å². The number of rotatable bonds is 4. The molecule has 4 aliphatic heterocycles. The van der Waals surface area contributed by atoms with Crippen LogP contribution in [-0.2, 0) is 30.3 Å². The van der Waals surface area contributed by atoms with Crippen LogP contribution in [0.2, 0.25) is 0 Å². The van der Waals surface area contributed by atoms with Gasteiger partial charge in [0.25, 0.3) is 0 Å². The number of hydrogen-bond donors (Lipinski definition) is 2. The molecule has 0 radical (unpaired) electrons. The van der Waals surface area contributed by atoms with E-state index in [1.165, 1.54) is 0 Å². The van der Waals surface area contributed by atoms with Gasteiger partial charge < -0.3 is 25.0 Å². The van der Waals surface area contributed by atoms with Crippen LogP contribution in [0.1, 0.15) is 37.7 Å². The summed E-state index contributed by atoms with van der Waals surface area (Å²) in [5.41, 5.74) is 0.449. The Balaban J connectivity index is 1.33. The molecule has 0 bridgehead atoms. The highest BCUT2D eigenvalue weighted by Crippen LogP contribution is 2.36. The van der Waals surface area contributed by atoms with Crippen molar-refractivity contribution >= 4 is 17.7 Å². The average molecular weight is 539 g/mol. The Labute approximate surface area is 231 Å². The summed E-state index contributed by atoms with van der Waals surface area (Å²) in [4.78, 5) is 44.4. The summed E-state index contributed by atoms with van der Waals surface area (Å²) in [5, 5.41) is 6.45. The van der Waals surface area contributed by atoms with E-state index in [1.807, 2.05) is 35.2 Å². The molecule has 2 N–H and O–H groups in total. The van der Waals surface area contributed by atoms with E-state index in [0.717, 1.165) is 31.5 Å². The predicted molar refractivity (Wildman–Crippen MR) is 147 cm³/mol. The van der Waals surface area contributed by atoms with Crippen LogP contribution in [0.3, 0.4) is 0 Å². The monoisotopic (exact) mass is 538 g/mol. The number of fused-ring (bicyclic) bond motifs is 1. The maximum Gasteiger partial charge on any atom is 0.243 e. The number of carbonyl (C=O) groups excluding carboxylic acids is 3. The van der Waals surface area contributed by atoms with Crippen LogP contribution < -0.4 is 10.6 Å². The standard InChI is InChI=1S/C30H42N4O5/c35-27(34-14-18-39-19-15-34)22-33-13-9-25-24(21-33)8-4-5-10-30(11-16-38-17-12-30)29(37)32-26(28(36)31-25)20-23-6-2-1-3-7-23/h1-7,24-26H,8-22H2,(H,31,36)(H,32,37)/b5-4+/t24-,25+,26+/m0/s1. The van der Waals surface area contributed by atoms with Gasteiger partial charge in [0.1, 0.15) is 6.04 Å². The van der Waals surface area contributed by atoms with Gasteiger partial charge >= 0.3 is 0 Å². The number of morpholine rings is 1. The lowest BCUT2D eigenvalue weighted by Crippen LogP contribution is -2.58. The second-order valence-corrected chi connectivity index (χ2v) is 11.4. The van der Waals surface area contributed by atoms with Gasteiger partial charge in [0.2, 0.25) is 17.7 Å². The SMILES string of the molecule is O=C1N[C@@H]2CCN(CC(=O)N3CCOCC3)C[C@@H]2C/C=C/CC2(CCOCC2)C(=O)N[C@@H]1Cc1ccccc1. The zero-order valence-corrected chi connectivity index (χ0v) is 22.8. The second kappa shape index (κ2) is 13.1. The molecule has 3 fully saturated rings. The van der Waals surface area contributed by atoms with Crippen LogP contribution in [0.15, 0.2) is 42.5 Å². The first-order valence-corrected chi connectivity index (χ1v) is 14.5. The Morgan fingerprint density at radius 3 is 2.46 bits per heavy atom. The molecular formula is C30H42N4O5. The number of likely N-dealkylation sites (tertiary alicyclic amines) is 1. The highest BCUT2D eigenvalue weighted by atomic mass is 16.5. The third-order valence-corrected chi connectivity index (χ3v) is 8.82. The Bertz CT molecular complexity index is 1020. The normalized spacial score (nSPS) is 29.3. The van der Waals surface area contributed by atoms with Crippen molar-refractivity contribution in [2.24, 2.45) is 11.3 Å². The van der Waals surface area contributed by atoms with E-state index in [2.05, 4.69) is 27.7 Å². The molecule has 3 saturated heterocycles. The van der Waals surface area contributed by atoms with Crippen LogP contribution in [0.4, 0.5) is 0 Å². The smallest absolute Gasteiger partial charge is 0.243 e. The van der Waals surface area contributed by atoms with Crippen molar-refractivity contribution in [2.45, 2.75) is 50.6 Å². The Kier molecular flexibility index (Phi) is 9.32. The number of nitrogens with one attached hydrogen (secondary N) is 2. The first-order chi connectivity index (χ1) is 19.0. The van der Waals surface area contributed by atoms with Gasteiger partial charge in [-0.05, 0) is 43.6 Å². The lowest BCUT2D eigenvalue weighted by molar-refractivity contribution is -0.140. The fraction of sp³-hybridized carbons (Fsp3) is 0.633. The highest BCUT2D eigenvalue weighted by molar-refractivity contribution is 5.90. The van der Waals surface area contributed by atoms with E-state index in [0.29, 0.717) is 71.7 Å². The molecule has 3 amide bonds. The summed E-state index contributed by atoms with van der Waals surface area (Å²) < 4.78 is 11.0. The van der Waals surface area contributed by atoms with Crippen molar-refractivity contribution in [1.29, 1.82) is 0 Å². The molecule has 9 nitrogen and oxygen atoms in total. The summed E-state index contributed by atoms with van der Waals surface area (Å²) in [7, 11) is 0. The van der Waals surface area contributed by atoms with E-state index in [1.54, 1.807) is 0 Å². The molecule has 0 aliphatic carbocycles. The Morgan fingerprint density at radius 1 is 0.949 bits per heavy atom. The number of allylic oxidation sites excluding steroid dienone is 2. The fourth-order valence-corrected chi connectivity index (χ4v) is 6.30. The van der Waals surface area contributed by atoms with Gasteiger partial charge in [-0.25, -0.2) is 0 Å². The van der Waals surface area contributed by atoms with Gasteiger partial charge in [-0.15, -0.1) is 0 Å². The molecule has 0 aromatic heterocycles. The van der Waals surface area contributed by atoms with Crippen LogP contribution in [0.25, 0.3) is 0 Å². The molecule has 39 heavy (non-hydrogen) atoms. The van der Waals surface area contributed by atoms with Gasteiger partial charge in [-0.2, -0.15) is 0 Å². The average Bonchev–Trinajstić information content (AvgIpc) is 2.97. The van der Waals surface area contributed by atoms with Crippen molar-refractivity contribution in [1.82, 2.24) is 20.4 Å². The van der Waals surface area contributed by atoms with Crippen molar-refractivity contribution in [3.8, 4) is 0 Å². The van der Waals surface area contributed by atoms with Gasteiger partial charge in [0, 0.05) is 51.9 Å². The van der Waals surface area contributed by atoms with Gasteiger partial charge in [-0.1, -0.05) is 42.5 Å². The quantitative estimate of drug-likeness (QED) is 0.564. The molecule has 0 unspecified atom stereocenters. The zero-order valence-electron chi connectivity index (χ0n) is 22.8. The van der Waals surface area contributed by atoms with Gasteiger partial charge in [0.15, 0.2) is 0 Å². The Morgan fingerprint density at radius 2 is 1.69 bits per heavy atom. The largest absolute Gasteiger partial charge is 0.381 e. The van der Waals surface area contributed by atoms with E-state index >= 15 is 0 Å². The molecule has 4 aliphatic rings. The first kappa shape index (κ1) is 27.8. The summed E-state index contributed by atoms with van der Waals surface area (Å²) in [5.74, 6) is 0.151. The van der Waals surface area contributed by atoms with E-state index < -0.39 is 11.5 Å². The number of nitrogens with zero attached hydrogens (tertiary/aromatic N) is 2. The molecule has 4 heterocycles. The fourth-order valence-electron chi connectivity index (χ4n) is 6.30. The molecule has 1 spiro atoms. The van der Waals surface area contributed by atoms with E-state index in [9.17, 15) is 14.4 Å². The lowest BCUT2D eigenvalue weighted by Gasteiger charge is -2.41. The molecule has 3 atom stereocenters. The number of piperidine rings is 1. The molecule has 1 aromatic carbocycles. The number of amides is 3. The number of ether oxygens (including phenoxy) is 2. The van der Waals surface area contributed by atoms with Crippen molar-refractivity contribution in [2.75, 3.05) is 59.2 Å². The molecular weight excluding hydrogens is 496 g/mol. The topological polar surface area (TPSA) is 100 Å². The van der Waals surface area contributed by atoms with Crippen LogP contribution in [-0.4, -0.2) is 98.8 Å². The first-order valence-electron chi connectivity index (χ1n) is 14.5. The lowest BCUT2D eigenvalue weighted by atomic mass is 9.75. The summed E-state index contributed by atoms with van der Waals surface area (Å²) in [6, 6.07) is 9.20. The van der Waals surface area contributed by atoms with Crippen molar-refractivity contribution < 1.29 is 23.9 Å². The zero-order chi connectivity index (χ0) is 27.1. The van der Waals surface area contributed by atoms with Gasteiger partial charge in [0.05, 0.1) is 25.2 Å². The Hall–Kier alpha value is -2.75. The predicted octanol–water partition coefficient (Wildman–Crippen LogP) is 1.53. The third kappa shape index (κ3) is 7.07. The van der Waals surface area contributed by atoms with Crippen LogP contribution in [0.5, 0.6) is 0 Å². The maximum absolute atomic E-state index is 13.7. The number of benzene rings is 1. The van der Waals surface area contributed by atoms with Crippen LogP contribution in [0, 0.1) is 11.3 Å². The maximum atomic E-state index is 13.7. The van der Waals surface area contributed by atoms with Crippen molar-refractivity contribution in [3.63, 3.8) is 0 Å². The number of hydrogen-bond acceptors (Lipinski definition) is 6. The highest BCUT2D eigenvalue weighted by Gasteiger charge is 2.41. The minimum Gasteiger partial charge on any atom is -0.381 e. The third-order valence-electron chi connectivity index (χ3n) is 8.82. The molecule has 1 aromatic rings. The van der Waals surface area contributed by atoms with Crippen molar-refractivity contribution in [3.05, 3.63) is 48.0 Å². The molecule has 9 heteroatoms. The minimum absolute atomic E-state index is 0.0106. The second-order valence-electron chi connectivity index (χ2n) is 11.4. The van der Waals surface area contributed by atoms with Crippen LogP contribution >= 0.6 is 0 Å². The molecule has 5 rings (SSSR count). The number of carbonyl (C=O) groups is 3. The minimum atomic E-state index is -0.649. The summed E-state index contributed by atoms with van der Waals surface area (Å²) >= 11 is 0. The van der Waals surface area contributed by atoms with E-state index in [-0.39, 0.29) is 29.7 Å². The summed E-state index contributed by atoms with van der Waals surface area (Å²) in [6.45, 7) is 5.50. The van der Waals surface area contributed by atoms with Gasteiger partial charge in [-0.3, -0.25) is 19.3 Å². The molecule has 0 saturated carbocycles. The summed E-state index contributed by atoms with van der Waals surface area (Å²) in [6.07, 6.45) is 8.26.